The van der Waals surface area contributed by atoms with Crippen LogP contribution in [0.5, 0.6) is 0 Å². The number of benzene rings is 1. The highest BCUT2D eigenvalue weighted by Gasteiger charge is 2.25. The van der Waals surface area contributed by atoms with Gasteiger partial charge in [-0.15, -0.1) is 0 Å². The van der Waals surface area contributed by atoms with Crippen molar-refractivity contribution in [2.45, 2.75) is 32.5 Å². The Labute approximate surface area is 111 Å². The quantitative estimate of drug-likeness (QED) is 0.671. The Morgan fingerprint density at radius 1 is 1.42 bits per heavy atom. The van der Waals surface area contributed by atoms with Gasteiger partial charge in [0.25, 0.3) is 0 Å². The standard InChI is InChI=1S/C13H18FN3O2/c1-9-6-15-7-10(2)16(9)8-11-3-4-13(17(18)19)12(14)5-11/h3-5,9-10,15H,6-8H2,1-2H3. The first-order chi connectivity index (χ1) is 8.99. The summed E-state index contributed by atoms with van der Waals surface area (Å²) in [5, 5.41) is 13.9. The van der Waals surface area contributed by atoms with E-state index in [1.807, 2.05) is 0 Å². The first-order valence-corrected chi connectivity index (χ1v) is 6.38. The summed E-state index contributed by atoms with van der Waals surface area (Å²) in [5.41, 5.74) is 0.300. The van der Waals surface area contributed by atoms with Crippen molar-refractivity contribution < 1.29 is 9.31 Å². The smallest absolute Gasteiger partial charge is 0.304 e. The molecule has 19 heavy (non-hydrogen) atoms. The van der Waals surface area contributed by atoms with Crippen molar-refractivity contribution in [3.63, 3.8) is 0 Å². The number of nitro benzene ring substituents is 1. The van der Waals surface area contributed by atoms with Crippen molar-refractivity contribution in [3.05, 3.63) is 39.7 Å². The predicted molar refractivity (Wildman–Crippen MR) is 70.4 cm³/mol. The van der Waals surface area contributed by atoms with Gasteiger partial charge in [0.2, 0.25) is 5.82 Å². The summed E-state index contributed by atoms with van der Waals surface area (Å²) in [6, 6.07) is 4.86. The molecule has 0 amide bonds. The van der Waals surface area contributed by atoms with Crippen LogP contribution in [0.4, 0.5) is 10.1 Å². The normalized spacial score (nSPS) is 24.4. The molecule has 1 aromatic carbocycles. The van der Waals surface area contributed by atoms with Crippen LogP contribution in [0.1, 0.15) is 19.4 Å². The van der Waals surface area contributed by atoms with E-state index in [1.54, 1.807) is 6.07 Å². The van der Waals surface area contributed by atoms with Gasteiger partial charge in [-0.05, 0) is 25.5 Å². The molecule has 0 saturated carbocycles. The van der Waals surface area contributed by atoms with Crippen molar-refractivity contribution >= 4 is 5.69 Å². The maximum Gasteiger partial charge on any atom is 0.304 e. The second-order valence-corrected chi connectivity index (χ2v) is 5.07. The number of nitrogens with zero attached hydrogens (tertiary/aromatic N) is 2. The van der Waals surface area contributed by atoms with Crippen LogP contribution in [0.3, 0.4) is 0 Å². The zero-order chi connectivity index (χ0) is 14.0. The van der Waals surface area contributed by atoms with Gasteiger partial charge >= 0.3 is 5.69 Å². The number of piperazine rings is 1. The monoisotopic (exact) mass is 267 g/mol. The highest BCUT2D eigenvalue weighted by atomic mass is 19.1. The van der Waals surface area contributed by atoms with E-state index in [4.69, 9.17) is 0 Å². The van der Waals surface area contributed by atoms with Gasteiger partial charge in [-0.25, -0.2) is 0 Å². The van der Waals surface area contributed by atoms with Crippen molar-refractivity contribution in [2.75, 3.05) is 13.1 Å². The van der Waals surface area contributed by atoms with Crippen LogP contribution in [0.25, 0.3) is 0 Å². The largest absolute Gasteiger partial charge is 0.314 e. The topological polar surface area (TPSA) is 58.4 Å². The molecule has 0 aliphatic carbocycles. The highest BCUT2D eigenvalue weighted by molar-refractivity contribution is 5.35. The van der Waals surface area contributed by atoms with E-state index in [1.165, 1.54) is 12.1 Å². The molecule has 2 rings (SSSR count). The summed E-state index contributed by atoms with van der Waals surface area (Å²) in [5.74, 6) is -0.766. The Hall–Kier alpha value is -1.53. The molecule has 0 radical (unpaired) electrons. The summed E-state index contributed by atoms with van der Waals surface area (Å²) in [6.07, 6.45) is 0. The average molecular weight is 267 g/mol. The van der Waals surface area contributed by atoms with E-state index >= 15 is 0 Å². The summed E-state index contributed by atoms with van der Waals surface area (Å²) in [4.78, 5) is 12.1. The molecule has 2 unspecified atom stereocenters. The molecule has 0 spiro atoms. The minimum Gasteiger partial charge on any atom is -0.314 e. The van der Waals surface area contributed by atoms with E-state index in [9.17, 15) is 14.5 Å². The summed E-state index contributed by atoms with van der Waals surface area (Å²) in [7, 11) is 0. The van der Waals surface area contributed by atoms with Gasteiger partial charge in [0.15, 0.2) is 0 Å². The molecule has 2 atom stereocenters. The fourth-order valence-corrected chi connectivity index (χ4v) is 2.49. The second-order valence-electron chi connectivity index (χ2n) is 5.07. The van der Waals surface area contributed by atoms with Crippen molar-refractivity contribution in [1.29, 1.82) is 0 Å². The molecule has 0 aromatic heterocycles. The zero-order valence-electron chi connectivity index (χ0n) is 11.1. The van der Waals surface area contributed by atoms with Gasteiger partial charge in [-0.3, -0.25) is 15.0 Å². The summed E-state index contributed by atoms with van der Waals surface area (Å²) < 4.78 is 13.6. The number of hydrogen-bond donors (Lipinski definition) is 1. The van der Waals surface area contributed by atoms with Crippen LogP contribution in [0.2, 0.25) is 0 Å². The molecule has 1 N–H and O–H groups in total. The Balaban J connectivity index is 2.14. The number of hydrogen-bond acceptors (Lipinski definition) is 4. The lowest BCUT2D eigenvalue weighted by atomic mass is 10.1. The Kier molecular flexibility index (Phi) is 4.11. The van der Waals surface area contributed by atoms with E-state index < -0.39 is 16.4 Å². The summed E-state index contributed by atoms with van der Waals surface area (Å²) in [6.45, 7) is 6.65. The Morgan fingerprint density at radius 3 is 2.58 bits per heavy atom. The molecule has 0 bridgehead atoms. The van der Waals surface area contributed by atoms with Crippen molar-refractivity contribution in [3.8, 4) is 0 Å². The molecule has 1 aromatic rings. The molecule has 1 heterocycles. The van der Waals surface area contributed by atoms with E-state index in [-0.39, 0.29) is 0 Å². The number of halogens is 1. The van der Waals surface area contributed by atoms with Gasteiger partial charge < -0.3 is 5.32 Å². The first-order valence-electron chi connectivity index (χ1n) is 6.38. The van der Waals surface area contributed by atoms with E-state index in [0.29, 0.717) is 18.6 Å². The molecular weight excluding hydrogens is 249 g/mol. The third-order valence-corrected chi connectivity index (χ3v) is 3.59. The van der Waals surface area contributed by atoms with Gasteiger partial charge in [0.1, 0.15) is 0 Å². The molecular formula is C13H18FN3O2. The van der Waals surface area contributed by atoms with E-state index in [0.717, 1.165) is 18.7 Å². The number of rotatable bonds is 3. The number of nitro groups is 1. The summed E-state index contributed by atoms with van der Waals surface area (Å²) >= 11 is 0. The third-order valence-electron chi connectivity index (χ3n) is 3.59. The lowest BCUT2D eigenvalue weighted by Crippen LogP contribution is -2.54. The second kappa shape index (κ2) is 5.63. The first kappa shape index (κ1) is 13.9. The van der Waals surface area contributed by atoms with E-state index in [2.05, 4.69) is 24.1 Å². The fourth-order valence-electron chi connectivity index (χ4n) is 2.49. The minimum atomic E-state index is -0.766. The lowest BCUT2D eigenvalue weighted by Gasteiger charge is -2.39. The third kappa shape index (κ3) is 3.08. The van der Waals surface area contributed by atoms with Crippen LogP contribution in [-0.2, 0) is 6.54 Å². The van der Waals surface area contributed by atoms with Crippen LogP contribution in [0.15, 0.2) is 18.2 Å². The highest BCUT2D eigenvalue weighted by Crippen LogP contribution is 2.21. The number of nitrogens with one attached hydrogen (secondary N) is 1. The average Bonchev–Trinajstić information content (AvgIpc) is 2.33. The molecule has 1 aliphatic rings. The maximum atomic E-state index is 13.6. The SMILES string of the molecule is CC1CNCC(C)N1Cc1ccc([N+](=O)[O-])c(F)c1. The van der Waals surface area contributed by atoms with Crippen molar-refractivity contribution in [1.82, 2.24) is 10.2 Å². The molecule has 1 saturated heterocycles. The van der Waals surface area contributed by atoms with Gasteiger partial charge in [-0.2, -0.15) is 4.39 Å². The maximum absolute atomic E-state index is 13.6. The minimum absolute atomic E-state index is 0.363. The fraction of sp³-hybridized carbons (Fsp3) is 0.538. The predicted octanol–water partition coefficient (Wildman–Crippen LogP) is 1.92. The molecule has 1 fully saturated rings. The Bertz CT molecular complexity index is 471. The lowest BCUT2D eigenvalue weighted by molar-refractivity contribution is -0.387. The van der Waals surface area contributed by atoms with Gasteiger partial charge in [-0.1, -0.05) is 6.07 Å². The molecule has 5 nitrogen and oxygen atoms in total. The van der Waals surface area contributed by atoms with Crippen LogP contribution < -0.4 is 5.32 Å². The van der Waals surface area contributed by atoms with Crippen LogP contribution in [-0.4, -0.2) is 35.0 Å². The van der Waals surface area contributed by atoms with Crippen LogP contribution >= 0.6 is 0 Å². The van der Waals surface area contributed by atoms with Crippen LogP contribution in [0, 0.1) is 15.9 Å². The molecule has 6 heteroatoms. The zero-order valence-corrected chi connectivity index (χ0v) is 11.1. The molecule has 104 valence electrons. The molecule has 1 aliphatic heterocycles. The Morgan fingerprint density at radius 2 is 2.05 bits per heavy atom. The van der Waals surface area contributed by atoms with Gasteiger partial charge in [0.05, 0.1) is 4.92 Å². The van der Waals surface area contributed by atoms with Crippen molar-refractivity contribution in [2.24, 2.45) is 0 Å². The van der Waals surface area contributed by atoms with Gasteiger partial charge in [0, 0.05) is 37.8 Å².